The Balaban J connectivity index is 1.63. The van der Waals surface area contributed by atoms with Gasteiger partial charge in [-0.3, -0.25) is 13.8 Å². The molecular formula is C27H26N4O5S2. The van der Waals surface area contributed by atoms with Crippen LogP contribution in [0.4, 0.5) is 5.69 Å². The zero-order chi connectivity index (χ0) is 27.2. The Morgan fingerprint density at radius 1 is 0.921 bits per heavy atom. The number of hydrogen-bond donors (Lipinski definition) is 1. The largest absolute Gasteiger partial charge is 0.272 e. The van der Waals surface area contributed by atoms with Gasteiger partial charge in [0.25, 0.3) is 15.9 Å². The molecule has 0 aliphatic rings. The van der Waals surface area contributed by atoms with Gasteiger partial charge in [0.15, 0.2) is 0 Å². The first-order valence-electron chi connectivity index (χ1n) is 11.5. The Morgan fingerprint density at radius 2 is 1.61 bits per heavy atom. The van der Waals surface area contributed by atoms with Crippen LogP contribution in [0.15, 0.2) is 108 Å². The summed E-state index contributed by atoms with van der Waals surface area (Å²) in [7, 11) is -6.39. The van der Waals surface area contributed by atoms with E-state index in [4.69, 9.17) is 0 Å². The van der Waals surface area contributed by atoms with E-state index in [2.05, 4.69) is 5.10 Å². The Labute approximate surface area is 222 Å². The monoisotopic (exact) mass is 550 g/mol. The number of carbonyl (C=O) groups is 1. The minimum absolute atomic E-state index is 0.0443. The number of hydrogen-bond acceptors (Lipinski definition) is 6. The zero-order valence-electron chi connectivity index (χ0n) is 20.5. The van der Waals surface area contributed by atoms with E-state index in [-0.39, 0.29) is 10.6 Å². The first kappa shape index (κ1) is 26.8. The van der Waals surface area contributed by atoms with Crippen LogP contribution in [0.25, 0.3) is 6.08 Å². The van der Waals surface area contributed by atoms with Crippen LogP contribution in [-0.2, 0) is 37.1 Å². The molecule has 4 rings (SSSR count). The molecule has 1 N–H and O–H groups in total. The van der Waals surface area contributed by atoms with Crippen LogP contribution in [0.1, 0.15) is 16.7 Å². The summed E-state index contributed by atoms with van der Waals surface area (Å²) in [6.45, 7) is 0.409. The van der Waals surface area contributed by atoms with Crippen molar-refractivity contribution in [3.05, 3.63) is 120 Å². The Bertz CT molecular complexity index is 1640. The van der Waals surface area contributed by atoms with Gasteiger partial charge in [-0.15, -0.1) is 0 Å². The van der Waals surface area contributed by atoms with Crippen molar-refractivity contribution in [1.29, 1.82) is 0 Å². The molecular weight excluding hydrogens is 524 g/mol. The van der Waals surface area contributed by atoms with Gasteiger partial charge in [0, 0.05) is 25.5 Å². The smallest absolute Gasteiger partial charge is 0.264 e. The number of carbonyl (C=O) groups excluding carboxylic acids is 1. The van der Waals surface area contributed by atoms with Crippen molar-refractivity contribution in [2.75, 3.05) is 11.4 Å². The van der Waals surface area contributed by atoms with E-state index >= 15 is 0 Å². The van der Waals surface area contributed by atoms with Crippen molar-refractivity contribution in [1.82, 2.24) is 14.5 Å². The summed E-state index contributed by atoms with van der Waals surface area (Å²) >= 11 is 0. The maximum absolute atomic E-state index is 13.3. The number of sulfonamides is 2. The van der Waals surface area contributed by atoms with Gasteiger partial charge >= 0.3 is 0 Å². The molecule has 4 aromatic rings. The van der Waals surface area contributed by atoms with E-state index in [1.165, 1.54) is 29.6 Å². The minimum atomic E-state index is -4.05. The average Bonchev–Trinajstić information content (AvgIpc) is 3.41. The van der Waals surface area contributed by atoms with E-state index in [1.807, 2.05) is 10.8 Å². The fourth-order valence-electron chi connectivity index (χ4n) is 3.70. The summed E-state index contributed by atoms with van der Waals surface area (Å²) in [6, 6.07) is 23.3. The molecule has 0 bridgehead atoms. The number of aromatic nitrogens is 2. The van der Waals surface area contributed by atoms with Crippen LogP contribution >= 0.6 is 0 Å². The quantitative estimate of drug-likeness (QED) is 0.302. The summed E-state index contributed by atoms with van der Waals surface area (Å²) in [5.41, 5.74) is 2.18. The molecule has 3 aromatic carbocycles. The summed E-state index contributed by atoms with van der Waals surface area (Å²) in [5, 5.41) is 4.19. The molecule has 11 heteroatoms. The lowest BCUT2D eigenvalue weighted by Crippen LogP contribution is -2.29. The molecule has 196 valence electrons. The van der Waals surface area contributed by atoms with Gasteiger partial charge in [-0.05, 0) is 47.0 Å². The molecule has 0 atom stereocenters. The van der Waals surface area contributed by atoms with Crippen LogP contribution in [-0.4, -0.2) is 39.6 Å². The predicted molar refractivity (Wildman–Crippen MR) is 146 cm³/mol. The molecule has 0 aliphatic heterocycles. The highest BCUT2D eigenvalue weighted by Crippen LogP contribution is 2.27. The summed E-state index contributed by atoms with van der Waals surface area (Å²) in [6.07, 6.45) is 5.89. The number of anilines is 1. The van der Waals surface area contributed by atoms with Crippen molar-refractivity contribution < 1.29 is 21.6 Å². The molecule has 0 aliphatic carbocycles. The van der Waals surface area contributed by atoms with Gasteiger partial charge in [-0.2, -0.15) is 5.10 Å². The topological polar surface area (TPSA) is 118 Å². The highest BCUT2D eigenvalue weighted by atomic mass is 32.2. The van der Waals surface area contributed by atoms with Crippen LogP contribution < -0.4 is 9.03 Å². The highest BCUT2D eigenvalue weighted by molar-refractivity contribution is 7.92. The van der Waals surface area contributed by atoms with E-state index in [1.54, 1.807) is 83.8 Å². The second-order valence-corrected chi connectivity index (χ2v) is 12.1. The first-order valence-corrected chi connectivity index (χ1v) is 14.6. The molecule has 0 saturated carbocycles. The van der Waals surface area contributed by atoms with Crippen molar-refractivity contribution in [3.8, 4) is 0 Å². The number of rotatable bonds is 10. The van der Waals surface area contributed by atoms with Crippen molar-refractivity contribution in [3.63, 3.8) is 0 Å². The van der Waals surface area contributed by atoms with Gasteiger partial charge in [0.2, 0.25) is 10.0 Å². The molecule has 0 fully saturated rings. The van der Waals surface area contributed by atoms with Crippen LogP contribution in [0, 0.1) is 0 Å². The molecule has 0 saturated heterocycles. The number of amides is 1. The average molecular weight is 551 g/mol. The van der Waals surface area contributed by atoms with Gasteiger partial charge in [-0.25, -0.2) is 21.6 Å². The van der Waals surface area contributed by atoms with Gasteiger partial charge in [0.1, 0.15) is 0 Å². The van der Waals surface area contributed by atoms with Crippen LogP contribution in [0.5, 0.6) is 0 Å². The Morgan fingerprint density at radius 3 is 2.26 bits per heavy atom. The van der Waals surface area contributed by atoms with Crippen molar-refractivity contribution in [2.24, 2.45) is 0 Å². The lowest BCUT2D eigenvalue weighted by atomic mass is 10.1. The maximum Gasteiger partial charge on any atom is 0.264 e. The third-order valence-corrected chi connectivity index (χ3v) is 8.74. The Hall–Kier alpha value is -4.22. The van der Waals surface area contributed by atoms with E-state index in [0.717, 1.165) is 11.6 Å². The van der Waals surface area contributed by atoms with Crippen LogP contribution in [0.3, 0.4) is 0 Å². The second-order valence-electron chi connectivity index (χ2n) is 8.42. The summed E-state index contributed by atoms with van der Waals surface area (Å²) < 4.78 is 56.4. The maximum atomic E-state index is 13.3. The van der Waals surface area contributed by atoms with E-state index in [0.29, 0.717) is 23.4 Å². The number of nitrogens with one attached hydrogen (secondary N) is 1. The van der Waals surface area contributed by atoms with E-state index in [9.17, 15) is 21.6 Å². The normalized spacial score (nSPS) is 11.9. The van der Waals surface area contributed by atoms with Gasteiger partial charge in [-0.1, -0.05) is 60.7 Å². The first-order chi connectivity index (χ1) is 18.1. The molecule has 0 unspecified atom stereocenters. The third-order valence-electron chi connectivity index (χ3n) is 5.65. The summed E-state index contributed by atoms with van der Waals surface area (Å²) in [5.74, 6) is -1.08. The number of nitrogens with zero attached hydrogens (tertiary/aromatic N) is 3. The molecule has 0 spiro atoms. The van der Waals surface area contributed by atoms with Gasteiger partial charge < -0.3 is 0 Å². The fourth-order valence-corrected chi connectivity index (χ4v) is 5.94. The summed E-state index contributed by atoms with van der Waals surface area (Å²) in [4.78, 5) is 12.4. The standard InChI is InChI=1S/C27H26N4O5S2/c1-30(37(33,34)21-22-9-4-2-5-10-22)26-19-23(20-31-18-8-17-28-31)13-14-24(26)15-16-27(32)29-38(35,36)25-11-6-3-7-12-25/h2-19H,20-21H2,1H3,(H,29,32). The molecule has 1 heterocycles. The van der Waals surface area contributed by atoms with Crippen molar-refractivity contribution in [2.45, 2.75) is 17.2 Å². The third kappa shape index (κ3) is 6.75. The molecule has 1 aromatic heterocycles. The number of benzene rings is 3. The minimum Gasteiger partial charge on any atom is -0.272 e. The molecule has 1 amide bonds. The zero-order valence-corrected chi connectivity index (χ0v) is 22.1. The highest BCUT2D eigenvalue weighted by Gasteiger charge is 2.22. The lowest BCUT2D eigenvalue weighted by Gasteiger charge is -2.22. The van der Waals surface area contributed by atoms with Crippen molar-refractivity contribution >= 4 is 37.7 Å². The van der Waals surface area contributed by atoms with Gasteiger partial charge in [0.05, 0.1) is 22.9 Å². The lowest BCUT2D eigenvalue weighted by molar-refractivity contribution is -0.114. The van der Waals surface area contributed by atoms with E-state index < -0.39 is 26.0 Å². The molecule has 9 nitrogen and oxygen atoms in total. The molecule has 0 radical (unpaired) electrons. The predicted octanol–water partition coefficient (Wildman–Crippen LogP) is 3.42. The Kier molecular flexibility index (Phi) is 8.08. The second kappa shape index (κ2) is 11.4. The fraction of sp³-hybridized carbons (Fsp3) is 0.111. The SMILES string of the molecule is CN(c1cc(Cn2cccn2)ccc1C=CC(=O)NS(=O)(=O)c1ccccc1)S(=O)(=O)Cc1ccccc1. The molecule has 38 heavy (non-hydrogen) atoms. The van der Waals surface area contributed by atoms with Crippen LogP contribution in [0.2, 0.25) is 0 Å².